The third-order valence-corrected chi connectivity index (χ3v) is 8.90. The molecule has 1 N–H and O–H groups in total. The first-order valence-corrected chi connectivity index (χ1v) is 15.5. The van der Waals surface area contributed by atoms with E-state index in [1.807, 2.05) is 48.5 Å². The zero-order valence-electron chi connectivity index (χ0n) is 24.5. The van der Waals surface area contributed by atoms with Crippen molar-refractivity contribution in [3.05, 3.63) is 94.8 Å². The Morgan fingerprint density at radius 2 is 1.76 bits per heavy atom. The highest BCUT2D eigenvalue weighted by molar-refractivity contribution is 6.30. The van der Waals surface area contributed by atoms with Crippen molar-refractivity contribution in [3.63, 3.8) is 0 Å². The summed E-state index contributed by atoms with van der Waals surface area (Å²) in [7, 11) is 1.67. The maximum absolute atomic E-state index is 14.4. The van der Waals surface area contributed by atoms with Crippen LogP contribution < -0.4 is 15.0 Å². The molecule has 2 heterocycles. The molecule has 2 aliphatic rings. The van der Waals surface area contributed by atoms with Crippen LogP contribution in [0.15, 0.2) is 72.8 Å². The number of likely N-dealkylation sites (tertiary alicyclic amines) is 1. The van der Waals surface area contributed by atoms with Gasteiger partial charge < -0.3 is 15.0 Å². The summed E-state index contributed by atoms with van der Waals surface area (Å²) in [6.07, 6.45) is 3.19. The maximum atomic E-state index is 14.4. The predicted molar refractivity (Wildman–Crippen MR) is 168 cm³/mol. The van der Waals surface area contributed by atoms with E-state index in [4.69, 9.17) is 16.3 Å². The molecule has 6 nitrogen and oxygen atoms in total. The zero-order chi connectivity index (χ0) is 29.3. The molecule has 42 heavy (non-hydrogen) atoms. The summed E-state index contributed by atoms with van der Waals surface area (Å²) in [5, 5.41) is 3.89. The van der Waals surface area contributed by atoms with Crippen molar-refractivity contribution < 1.29 is 13.9 Å². The first-order chi connectivity index (χ1) is 20.5. The predicted octanol–water partition coefficient (Wildman–Crippen LogP) is 5.64. The highest BCUT2D eigenvalue weighted by Gasteiger charge is 2.35. The van der Waals surface area contributed by atoms with E-state index >= 15 is 0 Å². The molecule has 0 aromatic heterocycles. The van der Waals surface area contributed by atoms with E-state index in [2.05, 4.69) is 32.1 Å². The number of halogens is 2. The number of para-hydroxylation sites is 1. The third-order valence-electron chi connectivity index (χ3n) is 8.66. The van der Waals surface area contributed by atoms with Gasteiger partial charge in [0.2, 0.25) is 5.91 Å². The summed E-state index contributed by atoms with van der Waals surface area (Å²) in [6.45, 7) is 6.83. The minimum absolute atomic E-state index is 0.105. The number of carbonyl (C=O) groups is 1. The summed E-state index contributed by atoms with van der Waals surface area (Å²) in [5.41, 5.74) is 3.05. The lowest BCUT2D eigenvalue weighted by molar-refractivity contribution is -0.121. The van der Waals surface area contributed by atoms with Crippen molar-refractivity contribution >= 4 is 23.2 Å². The molecule has 0 spiro atoms. The van der Waals surface area contributed by atoms with Crippen LogP contribution in [0.2, 0.25) is 5.02 Å². The topological polar surface area (TPSA) is 48.1 Å². The highest BCUT2D eigenvalue weighted by Crippen LogP contribution is 2.30. The first kappa shape index (κ1) is 30.3. The summed E-state index contributed by atoms with van der Waals surface area (Å²) in [6, 6.07) is 23.5. The van der Waals surface area contributed by atoms with E-state index in [-0.39, 0.29) is 11.7 Å². The van der Waals surface area contributed by atoms with E-state index in [0.717, 1.165) is 81.4 Å². The molecule has 8 heteroatoms. The van der Waals surface area contributed by atoms with Gasteiger partial charge in [-0.05, 0) is 79.3 Å². The van der Waals surface area contributed by atoms with E-state index in [1.54, 1.807) is 13.2 Å². The molecule has 0 aliphatic carbocycles. The molecule has 2 fully saturated rings. The number of hydrogen-bond acceptors (Lipinski definition) is 5. The van der Waals surface area contributed by atoms with Gasteiger partial charge >= 0.3 is 0 Å². The van der Waals surface area contributed by atoms with E-state index < -0.39 is 0 Å². The van der Waals surface area contributed by atoms with Gasteiger partial charge in [0.15, 0.2) is 0 Å². The van der Waals surface area contributed by atoms with Gasteiger partial charge in [0.25, 0.3) is 0 Å². The van der Waals surface area contributed by atoms with Crippen molar-refractivity contribution in [2.24, 2.45) is 5.92 Å². The first-order valence-electron chi connectivity index (χ1n) is 15.1. The number of anilines is 1. The van der Waals surface area contributed by atoms with Crippen LogP contribution in [0.5, 0.6) is 5.75 Å². The van der Waals surface area contributed by atoms with E-state index in [1.165, 1.54) is 11.6 Å². The van der Waals surface area contributed by atoms with Crippen molar-refractivity contribution in [3.8, 4) is 5.75 Å². The number of ether oxygens (including phenoxy) is 1. The monoisotopic (exact) mass is 592 g/mol. The number of benzene rings is 3. The van der Waals surface area contributed by atoms with Crippen LogP contribution in [0, 0.1) is 11.7 Å². The fourth-order valence-corrected chi connectivity index (χ4v) is 6.69. The number of nitrogens with one attached hydrogen (secondary N) is 1. The quantitative estimate of drug-likeness (QED) is 0.312. The van der Waals surface area contributed by atoms with E-state index in [0.29, 0.717) is 30.6 Å². The largest absolute Gasteiger partial charge is 0.497 e. The fourth-order valence-electron chi connectivity index (χ4n) is 6.48. The standard InChI is InChI=1S/C34H42ClFN4O2/c1-42-30-9-5-6-26(23-30)14-16-37-34(41)13-12-28-25-38(24-27-7-4-8-29(35)22-27)17-15-32(28)39-18-20-40(21-19-39)33-11-3-2-10-31(33)36/h2-11,22-23,28,32H,12-21,24-25H2,1H3,(H,37,41)/t28-,32+/m0/s1. The average Bonchev–Trinajstić information content (AvgIpc) is 3.01. The number of carbonyl (C=O) groups excluding carboxylic acids is 1. The molecule has 224 valence electrons. The normalized spacial score (nSPS) is 19.9. The molecular formula is C34H42ClFN4O2. The Kier molecular flexibility index (Phi) is 10.7. The molecular weight excluding hydrogens is 551 g/mol. The van der Waals surface area contributed by atoms with Gasteiger partial charge in [-0.2, -0.15) is 0 Å². The Morgan fingerprint density at radius 3 is 2.55 bits per heavy atom. The van der Waals surface area contributed by atoms with Gasteiger partial charge in [0, 0.05) is 63.3 Å². The Bertz CT molecular complexity index is 1320. The molecule has 5 rings (SSSR count). The summed E-state index contributed by atoms with van der Waals surface area (Å²) in [5.74, 6) is 1.16. The van der Waals surface area contributed by atoms with Gasteiger partial charge in [0.1, 0.15) is 11.6 Å². The number of hydrogen-bond donors (Lipinski definition) is 1. The molecule has 0 radical (unpaired) electrons. The second-order valence-electron chi connectivity index (χ2n) is 11.4. The van der Waals surface area contributed by atoms with Gasteiger partial charge in [-0.1, -0.05) is 48.0 Å². The number of methoxy groups -OCH3 is 1. The van der Waals surface area contributed by atoms with Crippen molar-refractivity contribution in [1.29, 1.82) is 0 Å². The molecule has 0 saturated carbocycles. The zero-order valence-corrected chi connectivity index (χ0v) is 25.2. The van der Waals surface area contributed by atoms with Crippen LogP contribution in [-0.2, 0) is 17.8 Å². The smallest absolute Gasteiger partial charge is 0.220 e. The van der Waals surface area contributed by atoms with E-state index in [9.17, 15) is 9.18 Å². The number of piperazine rings is 1. The average molecular weight is 593 g/mol. The van der Waals surface area contributed by atoms with Crippen LogP contribution in [-0.4, -0.2) is 74.7 Å². The number of piperidine rings is 1. The SMILES string of the molecule is COc1cccc(CCNC(=O)CC[C@H]2CN(Cc3cccc(Cl)c3)CC[C@H]2N2CCN(c3ccccc3F)CC2)c1. The molecule has 2 saturated heterocycles. The maximum Gasteiger partial charge on any atom is 0.220 e. The molecule has 1 amide bonds. The van der Waals surface area contributed by atoms with Gasteiger partial charge in [-0.25, -0.2) is 4.39 Å². The lowest BCUT2D eigenvalue weighted by atomic mass is 9.86. The minimum Gasteiger partial charge on any atom is -0.497 e. The third kappa shape index (κ3) is 8.24. The van der Waals surface area contributed by atoms with Gasteiger partial charge in [-0.15, -0.1) is 0 Å². The molecule has 2 atom stereocenters. The Morgan fingerprint density at radius 1 is 0.976 bits per heavy atom. The minimum atomic E-state index is -0.157. The van der Waals surface area contributed by atoms with Crippen LogP contribution in [0.1, 0.15) is 30.4 Å². The van der Waals surface area contributed by atoms with Crippen LogP contribution in [0.25, 0.3) is 0 Å². The second-order valence-corrected chi connectivity index (χ2v) is 11.9. The lowest BCUT2D eigenvalue weighted by Gasteiger charge is -2.47. The summed E-state index contributed by atoms with van der Waals surface area (Å²) in [4.78, 5) is 20.1. The van der Waals surface area contributed by atoms with Crippen molar-refractivity contribution in [2.45, 2.75) is 38.3 Å². The highest BCUT2D eigenvalue weighted by atomic mass is 35.5. The van der Waals surface area contributed by atoms with Crippen molar-refractivity contribution in [2.75, 3.05) is 57.8 Å². The number of amides is 1. The van der Waals surface area contributed by atoms with Crippen molar-refractivity contribution in [1.82, 2.24) is 15.1 Å². The molecule has 0 bridgehead atoms. The summed E-state index contributed by atoms with van der Waals surface area (Å²) < 4.78 is 19.7. The Balaban J connectivity index is 1.17. The molecule has 3 aromatic carbocycles. The molecule has 3 aromatic rings. The van der Waals surface area contributed by atoms with Crippen LogP contribution in [0.4, 0.5) is 10.1 Å². The fraction of sp³-hybridized carbons (Fsp3) is 0.441. The van der Waals surface area contributed by atoms with Gasteiger partial charge in [-0.3, -0.25) is 14.6 Å². The Labute approximate surface area is 254 Å². The van der Waals surface area contributed by atoms with Crippen LogP contribution >= 0.6 is 11.6 Å². The molecule has 0 unspecified atom stereocenters. The summed E-state index contributed by atoms with van der Waals surface area (Å²) >= 11 is 6.26. The number of rotatable bonds is 11. The lowest BCUT2D eigenvalue weighted by Crippen LogP contribution is -2.56. The second kappa shape index (κ2) is 14.9. The van der Waals surface area contributed by atoms with Crippen LogP contribution in [0.3, 0.4) is 0 Å². The van der Waals surface area contributed by atoms with Gasteiger partial charge in [0.05, 0.1) is 12.8 Å². The number of nitrogens with zero attached hydrogens (tertiary/aromatic N) is 3. The Hall–Kier alpha value is -3.13. The molecule has 2 aliphatic heterocycles.